The Hall–Kier alpha value is -3.06. The van der Waals surface area contributed by atoms with Crippen LogP contribution in [0.15, 0.2) is 42.6 Å². The van der Waals surface area contributed by atoms with Gasteiger partial charge in [0.1, 0.15) is 17.3 Å². The van der Waals surface area contributed by atoms with E-state index in [0.29, 0.717) is 17.9 Å². The highest BCUT2D eigenvalue weighted by Crippen LogP contribution is 2.29. The number of piperazine rings is 1. The number of fused-ring (bicyclic) bond motifs is 1. The number of pyridine rings is 1. The van der Waals surface area contributed by atoms with E-state index >= 15 is 0 Å². The van der Waals surface area contributed by atoms with Gasteiger partial charge in [0.15, 0.2) is 0 Å². The van der Waals surface area contributed by atoms with E-state index in [-0.39, 0.29) is 5.91 Å². The van der Waals surface area contributed by atoms with Crippen LogP contribution in [-0.4, -0.2) is 48.7 Å². The van der Waals surface area contributed by atoms with Gasteiger partial charge in [0, 0.05) is 38.1 Å². The predicted octanol–water partition coefficient (Wildman–Crippen LogP) is 2.73. The molecule has 0 atom stereocenters. The van der Waals surface area contributed by atoms with E-state index in [9.17, 15) is 4.79 Å². The number of nitrogens with zero attached hydrogens (tertiary/aromatic N) is 3. The van der Waals surface area contributed by atoms with Crippen molar-refractivity contribution in [1.82, 2.24) is 14.9 Å². The third-order valence-corrected chi connectivity index (χ3v) is 5.12. The summed E-state index contributed by atoms with van der Waals surface area (Å²) >= 11 is 0. The number of benzene rings is 1. The van der Waals surface area contributed by atoms with Gasteiger partial charge in [-0.2, -0.15) is 0 Å². The minimum absolute atomic E-state index is 0.156. The molecule has 0 saturated carbocycles. The average molecular weight is 379 g/mol. The molecule has 7 heteroatoms. The number of anilines is 2. The monoisotopic (exact) mass is 379 g/mol. The van der Waals surface area contributed by atoms with Gasteiger partial charge in [-0.1, -0.05) is 6.07 Å². The molecule has 2 aromatic heterocycles. The number of carbonyl (C=O) groups is 1. The summed E-state index contributed by atoms with van der Waals surface area (Å²) in [5, 5.41) is 7.23. The van der Waals surface area contributed by atoms with E-state index in [1.165, 1.54) is 0 Å². The van der Waals surface area contributed by atoms with Crippen LogP contribution < -0.4 is 20.3 Å². The fourth-order valence-corrected chi connectivity index (χ4v) is 3.70. The third-order valence-electron chi connectivity index (χ3n) is 5.12. The molecule has 0 aliphatic carbocycles. The maximum absolute atomic E-state index is 12.9. The van der Waals surface area contributed by atoms with Crippen molar-refractivity contribution < 1.29 is 9.53 Å². The van der Waals surface area contributed by atoms with Crippen molar-refractivity contribution in [1.29, 1.82) is 0 Å². The minimum atomic E-state index is -0.156. The van der Waals surface area contributed by atoms with Gasteiger partial charge in [0.2, 0.25) is 0 Å². The molecule has 7 nitrogen and oxygen atoms in total. The maximum Gasteiger partial charge on any atom is 0.272 e. The Labute approximate surface area is 164 Å². The highest BCUT2D eigenvalue weighted by Gasteiger charge is 2.17. The SMILES string of the molecule is CCn1c(C(=O)Nc2ccc(N3CCNCC3)nc2)cc2c(OC)cccc21. The molecular formula is C21H25N5O2. The van der Waals surface area contributed by atoms with Gasteiger partial charge in [-0.15, -0.1) is 0 Å². The standard InChI is InChI=1S/C21H25N5O2/c1-3-26-17-5-4-6-19(28-2)16(17)13-18(26)21(27)24-15-7-8-20(23-14-15)25-11-9-22-10-12-25/h4-8,13-14,22H,3,9-12H2,1-2H3,(H,24,27). The Morgan fingerprint density at radius 3 is 2.75 bits per heavy atom. The molecule has 0 radical (unpaired) electrons. The molecule has 0 bridgehead atoms. The van der Waals surface area contributed by atoms with Crippen LogP contribution in [0.5, 0.6) is 5.75 Å². The zero-order valence-electron chi connectivity index (χ0n) is 16.2. The molecular weight excluding hydrogens is 354 g/mol. The Morgan fingerprint density at radius 2 is 2.07 bits per heavy atom. The first-order valence-electron chi connectivity index (χ1n) is 9.60. The van der Waals surface area contributed by atoms with Crippen molar-refractivity contribution in [2.75, 3.05) is 43.5 Å². The number of aromatic nitrogens is 2. The second kappa shape index (κ2) is 7.90. The van der Waals surface area contributed by atoms with E-state index in [4.69, 9.17) is 4.74 Å². The summed E-state index contributed by atoms with van der Waals surface area (Å²) in [6.45, 7) is 6.53. The van der Waals surface area contributed by atoms with Crippen LogP contribution in [0.2, 0.25) is 0 Å². The number of hydrogen-bond acceptors (Lipinski definition) is 5. The van der Waals surface area contributed by atoms with E-state index in [2.05, 4.69) is 20.5 Å². The second-order valence-electron chi connectivity index (χ2n) is 6.76. The summed E-state index contributed by atoms with van der Waals surface area (Å²) in [6, 6.07) is 11.6. The number of hydrogen-bond donors (Lipinski definition) is 2. The number of carbonyl (C=O) groups excluding carboxylic acids is 1. The van der Waals surface area contributed by atoms with Crippen LogP contribution in [0.25, 0.3) is 10.9 Å². The molecule has 4 rings (SSSR count). The van der Waals surface area contributed by atoms with Crippen LogP contribution in [0.3, 0.4) is 0 Å². The van der Waals surface area contributed by atoms with E-state index in [1.54, 1.807) is 13.3 Å². The lowest BCUT2D eigenvalue weighted by atomic mass is 10.2. The molecule has 1 saturated heterocycles. The molecule has 1 amide bonds. The molecule has 1 aromatic carbocycles. The number of nitrogens with one attached hydrogen (secondary N) is 2. The highest BCUT2D eigenvalue weighted by atomic mass is 16.5. The van der Waals surface area contributed by atoms with Crippen molar-refractivity contribution in [2.24, 2.45) is 0 Å². The average Bonchev–Trinajstić information content (AvgIpc) is 3.14. The fourth-order valence-electron chi connectivity index (χ4n) is 3.70. The minimum Gasteiger partial charge on any atom is -0.496 e. The zero-order valence-corrected chi connectivity index (χ0v) is 16.2. The fraction of sp³-hybridized carbons (Fsp3) is 0.333. The molecule has 3 heterocycles. The van der Waals surface area contributed by atoms with Crippen molar-refractivity contribution in [3.05, 3.63) is 48.3 Å². The van der Waals surface area contributed by atoms with Gasteiger partial charge in [0.05, 0.1) is 24.5 Å². The van der Waals surface area contributed by atoms with Crippen LogP contribution in [0.1, 0.15) is 17.4 Å². The molecule has 28 heavy (non-hydrogen) atoms. The van der Waals surface area contributed by atoms with Crippen molar-refractivity contribution in [2.45, 2.75) is 13.5 Å². The lowest BCUT2D eigenvalue weighted by Crippen LogP contribution is -2.43. The van der Waals surface area contributed by atoms with Crippen LogP contribution in [0, 0.1) is 0 Å². The van der Waals surface area contributed by atoms with Gasteiger partial charge >= 0.3 is 0 Å². The van der Waals surface area contributed by atoms with Crippen LogP contribution in [-0.2, 0) is 6.54 Å². The first-order valence-corrected chi connectivity index (χ1v) is 9.60. The van der Waals surface area contributed by atoms with E-state index in [0.717, 1.165) is 48.6 Å². The number of methoxy groups -OCH3 is 1. The number of amides is 1. The van der Waals surface area contributed by atoms with Gasteiger partial charge in [-0.3, -0.25) is 4.79 Å². The van der Waals surface area contributed by atoms with E-state index < -0.39 is 0 Å². The number of ether oxygens (including phenoxy) is 1. The number of rotatable bonds is 5. The largest absolute Gasteiger partial charge is 0.496 e. The summed E-state index contributed by atoms with van der Waals surface area (Å²) in [6.07, 6.45) is 1.72. The zero-order chi connectivity index (χ0) is 19.5. The smallest absolute Gasteiger partial charge is 0.272 e. The lowest BCUT2D eigenvalue weighted by molar-refractivity contribution is 0.101. The van der Waals surface area contributed by atoms with Crippen LogP contribution in [0.4, 0.5) is 11.5 Å². The quantitative estimate of drug-likeness (QED) is 0.713. The Bertz CT molecular complexity index is 974. The molecule has 1 aliphatic rings. The van der Waals surface area contributed by atoms with Crippen molar-refractivity contribution >= 4 is 28.3 Å². The Balaban J connectivity index is 1.56. The van der Waals surface area contributed by atoms with Gasteiger partial charge in [0.25, 0.3) is 5.91 Å². The lowest BCUT2D eigenvalue weighted by Gasteiger charge is -2.28. The predicted molar refractivity (Wildman–Crippen MR) is 111 cm³/mol. The molecule has 146 valence electrons. The first-order chi connectivity index (χ1) is 13.7. The normalized spacial score (nSPS) is 14.3. The van der Waals surface area contributed by atoms with Gasteiger partial charge in [-0.25, -0.2) is 4.98 Å². The van der Waals surface area contributed by atoms with Crippen molar-refractivity contribution in [3.8, 4) is 5.75 Å². The van der Waals surface area contributed by atoms with Crippen molar-refractivity contribution in [3.63, 3.8) is 0 Å². The van der Waals surface area contributed by atoms with Crippen LogP contribution >= 0.6 is 0 Å². The molecule has 0 unspecified atom stereocenters. The molecule has 1 fully saturated rings. The number of aryl methyl sites for hydroxylation is 1. The van der Waals surface area contributed by atoms with Gasteiger partial charge in [-0.05, 0) is 37.3 Å². The summed E-state index contributed by atoms with van der Waals surface area (Å²) < 4.78 is 7.44. The summed E-state index contributed by atoms with van der Waals surface area (Å²) in [5.41, 5.74) is 2.27. The van der Waals surface area contributed by atoms with Gasteiger partial charge < -0.3 is 24.8 Å². The summed E-state index contributed by atoms with van der Waals surface area (Å²) in [4.78, 5) is 19.7. The second-order valence-corrected chi connectivity index (χ2v) is 6.76. The third kappa shape index (κ3) is 3.41. The Kier molecular flexibility index (Phi) is 5.16. The first kappa shape index (κ1) is 18.3. The molecule has 0 spiro atoms. The Morgan fingerprint density at radius 1 is 1.25 bits per heavy atom. The highest BCUT2D eigenvalue weighted by molar-refractivity contribution is 6.07. The molecule has 2 N–H and O–H groups in total. The molecule has 3 aromatic rings. The summed E-state index contributed by atoms with van der Waals surface area (Å²) in [7, 11) is 1.64. The van der Waals surface area contributed by atoms with E-state index in [1.807, 2.05) is 47.9 Å². The summed E-state index contributed by atoms with van der Waals surface area (Å²) in [5.74, 6) is 1.55. The molecule has 1 aliphatic heterocycles. The maximum atomic E-state index is 12.9. The topological polar surface area (TPSA) is 71.4 Å².